The molecule has 3 aromatic carbocycles. The summed E-state index contributed by atoms with van der Waals surface area (Å²) < 4.78 is 0. The molecule has 24 heavy (non-hydrogen) atoms. The molecule has 3 aromatic rings. The Labute approximate surface area is 163 Å². The normalized spacial score (nSPS) is 10.9. The van der Waals surface area contributed by atoms with Gasteiger partial charge in [0.05, 0.1) is 6.16 Å². The average Bonchev–Trinajstić information content (AvgIpc) is 2.65. The van der Waals surface area contributed by atoms with Gasteiger partial charge in [-0.1, -0.05) is 67.9 Å². The quantitative estimate of drug-likeness (QED) is 0.397. The van der Waals surface area contributed by atoms with Crippen molar-refractivity contribution in [1.82, 2.24) is 0 Å². The summed E-state index contributed by atoms with van der Waals surface area (Å²) in [5.41, 5.74) is 0. The number of hydrogen-bond acceptors (Lipinski definition) is 0. The Hall–Kier alpha value is -1.18. The Kier molecular flexibility index (Phi) is 7.45. The molecular formula is C22H25IP+2. The Morgan fingerprint density at radius 1 is 0.583 bits per heavy atom. The summed E-state index contributed by atoms with van der Waals surface area (Å²) in [6.07, 6.45) is 3.72. The first-order valence-electron chi connectivity index (χ1n) is 8.43. The minimum atomic E-state index is -1.57. The highest BCUT2D eigenvalue weighted by atomic mass is 127. The van der Waals surface area contributed by atoms with Crippen LogP contribution in [0.25, 0.3) is 0 Å². The summed E-state index contributed by atoms with van der Waals surface area (Å²) in [6.45, 7) is 2.29. The number of rotatable bonds is 6. The van der Waals surface area contributed by atoms with Gasteiger partial charge in [0.1, 0.15) is 23.2 Å². The topological polar surface area (TPSA) is 0 Å². The van der Waals surface area contributed by atoms with E-state index in [4.69, 9.17) is 0 Å². The first-order chi connectivity index (χ1) is 11.4. The van der Waals surface area contributed by atoms with E-state index < -0.39 is 7.26 Å². The Morgan fingerprint density at radius 3 is 1.21 bits per heavy atom. The molecule has 0 spiro atoms. The van der Waals surface area contributed by atoms with E-state index in [9.17, 15) is 0 Å². The maximum Gasteiger partial charge on any atom is 0.553 e. The molecule has 1 radical (unpaired) electrons. The van der Waals surface area contributed by atoms with Crippen LogP contribution in [0.4, 0.5) is 0 Å². The van der Waals surface area contributed by atoms with E-state index in [2.05, 4.69) is 97.9 Å². The fourth-order valence-electron chi connectivity index (χ4n) is 3.28. The monoisotopic (exact) mass is 447 g/mol. The van der Waals surface area contributed by atoms with Gasteiger partial charge in [-0.2, -0.15) is 0 Å². The lowest BCUT2D eigenvalue weighted by atomic mass is 10.3. The Morgan fingerprint density at radius 2 is 0.917 bits per heavy atom. The lowest BCUT2D eigenvalue weighted by Crippen LogP contribution is -3.00. The Balaban J connectivity index is 0.00000208. The van der Waals surface area contributed by atoms with Crippen molar-refractivity contribution >= 4 is 23.2 Å². The van der Waals surface area contributed by atoms with E-state index in [1.54, 1.807) is 0 Å². The summed E-state index contributed by atoms with van der Waals surface area (Å²) >= 11 is 0. The van der Waals surface area contributed by atoms with Gasteiger partial charge in [-0.25, -0.2) is 0 Å². The van der Waals surface area contributed by atoms with Crippen molar-refractivity contribution in [2.75, 3.05) is 6.16 Å². The minimum Gasteiger partial charge on any atom is -0.0652 e. The second-order valence-corrected chi connectivity index (χ2v) is 9.51. The highest BCUT2D eigenvalue weighted by molar-refractivity contribution is 7.95. The first-order valence-corrected chi connectivity index (χ1v) is 10.4. The van der Waals surface area contributed by atoms with E-state index >= 15 is 0 Å². The van der Waals surface area contributed by atoms with Crippen LogP contribution < -0.4 is 39.9 Å². The van der Waals surface area contributed by atoms with E-state index in [1.807, 2.05) is 0 Å². The van der Waals surface area contributed by atoms with Crippen molar-refractivity contribution in [1.29, 1.82) is 0 Å². The second-order valence-electron chi connectivity index (χ2n) is 5.89. The molecule has 123 valence electrons. The van der Waals surface area contributed by atoms with E-state index in [-0.39, 0.29) is 24.0 Å². The van der Waals surface area contributed by atoms with Crippen LogP contribution in [0.15, 0.2) is 91.0 Å². The van der Waals surface area contributed by atoms with E-state index in [0.29, 0.717) is 0 Å². The molecule has 0 nitrogen and oxygen atoms in total. The lowest BCUT2D eigenvalue weighted by Gasteiger charge is -2.27. The van der Waals surface area contributed by atoms with Crippen LogP contribution in [0.2, 0.25) is 0 Å². The third-order valence-electron chi connectivity index (χ3n) is 4.44. The molecule has 0 heterocycles. The summed E-state index contributed by atoms with van der Waals surface area (Å²) in [4.78, 5) is 0. The molecule has 0 aliphatic rings. The van der Waals surface area contributed by atoms with Crippen LogP contribution in [0.3, 0.4) is 0 Å². The lowest BCUT2D eigenvalue weighted by molar-refractivity contribution is -0.00000454. The molecule has 0 amide bonds. The third-order valence-corrected chi connectivity index (χ3v) is 8.96. The van der Waals surface area contributed by atoms with Crippen LogP contribution in [0, 0.1) is 0 Å². The Bertz CT molecular complexity index is 614. The number of benzene rings is 3. The predicted molar refractivity (Wildman–Crippen MR) is 106 cm³/mol. The third kappa shape index (κ3) is 3.90. The standard InChI is InChI=1S/C22H24P.HI/c1-2-3-19-23(20-13-7-4-8-14-20,21-15-9-5-10-16-21)22-17-11-6-12-18-22;/h4-18H,2-3,19H2,1H3;1H/q2*+1. The van der Waals surface area contributed by atoms with E-state index in [0.717, 1.165) is 0 Å². The van der Waals surface area contributed by atoms with Crippen molar-refractivity contribution in [3.8, 4) is 0 Å². The molecule has 0 bridgehead atoms. The summed E-state index contributed by atoms with van der Waals surface area (Å²) in [7, 11) is -1.57. The average molecular weight is 447 g/mol. The molecular weight excluding hydrogens is 422 g/mol. The van der Waals surface area contributed by atoms with Crippen LogP contribution >= 0.6 is 7.26 Å². The van der Waals surface area contributed by atoms with Gasteiger partial charge in [0.15, 0.2) is 0 Å². The molecule has 0 N–H and O–H groups in total. The van der Waals surface area contributed by atoms with Crippen molar-refractivity contribution in [2.45, 2.75) is 19.8 Å². The maximum absolute atomic E-state index is 2.32. The largest absolute Gasteiger partial charge is 0.553 e. The predicted octanol–water partition coefficient (Wildman–Crippen LogP) is 1.52. The number of halogens is 1. The van der Waals surface area contributed by atoms with Crippen LogP contribution in [-0.2, 0) is 0 Å². The second kappa shape index (κ2) is 9.34. The molecule has 2 heteroatoms. The van der Waals surface area contributed by atoms with Gasteiger partial charge in [-0.15, -0.1) is 0 Å². The molecule has 0 saturated carbocycles. The van der Waals surface area contributed by atoms with Gasteiger partial charge in [-0.3, -0.25) is 0 Å². The van der Waals surface area contributed by atoms with Gasteiger partial charge in [0.25, 0.3) is 0 Å². The molecule has 0 atom stereocenters. The zero-order valence-electron chi connectivity index (χ0n) is 14.1. The highest BCUT2D eigenvalue weighted by Crippen LogP contribution is 2.55. The molecule has 0 aromatic heterocycles. The summed E-state index contributed by atoms with van der Waals surface area (Å²) in [5.74, 6) is 0. The minimum absolute atomic E-state index is 0. The molecule has 0 aliphatic carbocycles. The van der Waals surface area contributed by atoms with Gasteiger partial charge in [0, 0.05) is 0 Å². The van der Waals surface area contributed by atoms with Crippen LogP contribution in [-0.4, -0.2) is 6.16 Å². The fourth-order valence-corrected chi connectivity index (χ4v) is 7.78. The molecule has 0 unspecified atom stereocenters. The van der Waals surface area contributed by atoms with Gasteiger partial charge in [-0.05, 0) is 42.8 Å². The highest BCUT2D eigenvalue weighted by Gasteiger charge is 2.44. The smallest absolute Gasteiger partial charge is 0.0652 e. The van der Waals surface area contributed by atoms with Crippen LogP contribution in [0.5, 0.6) is 0 Å². The molecule has 3 rings (SSSR count). The van der Waals surface area contributed by atoms with Crippen molar-refractivity contribution in [2.24, 2.45) is 0 Å². The van der Waals surface area contributed by atoms with Gasteiger partial charge >= 0.3 is 24.0 Å². The zero-order chi connectivity index (χ0) is 16.0. The summed E-state index contributed by atoms with van der Waals surface area (Å²) in [5, 5.41) is 4.47. The summed E-state index contributed by atoms with van der Waals surface area (Å²) in [6, 6.07) is 33.4. The van der Waals surface area contributed by atoms with Crippen molar-refractivity contribution < 1.29 is 24.0 Å². The molecule has 0 saturated heterocycles. The van der Waals surface area contributed by atoms with Gasteiger partial charge in [0.2, 0.25) is 0 Å². The number of unbranched alkanes of at least 4 members (excludes halogenated alkanes) is 1. The molecule has 0 fully saturated rings. The number of hydrogen-bond donors (Lipinski definition) is 0. The fraction of sp³-hybridized carbons (Fsp3) is 0.182. The SMILES string of the molecule is CCCC[P+](c1ccccc1)(c1ccccc1)c1ccccc1.[IH+]. The zero-order valence-corrected chi connectivity index (χ0v) is 17.4. The van der Waals surface area contributed by atoms with Crippen LogP contribution in [0.1, 0.15) is 19.8 Å². The van der Waals surface area contributed by atoms with Crippen molar-refractivity contribution in [3.05, 3.63) is 91.0 Å². The molecule has 0 aliphatic heterocycles. The van der Waals surface area contributed by atoms with E-state index in [1.165, 1.54) is 34.9 Å². The maximum atomic E-state index is 2.32. The van der Waals surface area contributed by atoms with Gasteiger partial charge < -0.3 is 0 Å². The van der Waals surface area contributed by atoms with Crippen molar-refractivity contribution in [3.63, 3.8) is 0 Å². The first kappa shape index (κ1) is 19.1.